The Labute approximate surface area is 415 Å². The Kier molecular flexibility index (Phi) is 17.1. The van der Waals surface area contributed by atoms with Gasteiger partial charge in [0.25, 0.3) is 8.53 Å². The number of benzene rings is 4. The van der Waals surface area contributed by atoms with E-state index in [-0.39, 0.29) is 49.1 Å². The molecule has 70 heavy (non-hydrogen) atoms. The molecule has 4 aromatic carbocycles. The van der Waals surface area contributed by atoms with Gasteiger partial charge in [0.2, 0.25) is 6.54 Å². The molecule has 1 fully saturated rings. The Balaban J connectivity index is 1.41. The molecule has 0 spiro atoms. The van der Waals surface area contributed by atoms with Gasteiger partial charge in [-0.2, -0.15) is 0 Å². The highest BCUT2D eigenvalue weighted by Gasteiger charge is 2.54. The fourth-order valence-corrected chi connectivity index (χ4v) is 11.6. The summed E-state index contributed by atoms with van der Waals surface area (Å²) in [6, 6.07) is 35.2. The molecule has 1 aliphatic rings. The van der Waals surface area contributed by atoms with Gasteiger partial charge in [-0.25, -0.2) is 26.2 Å². The molecule has 370 valence electrons. The predicted octanol–water partition coefficient (Wildman–Crippen LogP) is 11.2. The number of carbonyl (C=O) groups excluding carboxylic acids is 1. The van der Waals surface area contributed by atoms with Crippen LogP contribution in [0.4, 0.5) is 0 Å². The van der Waals surface area contributed by atoms with Crippen LogP contribution in [-0.2, 0) is 35.0 Å². The number of carbonyl (C=O) groups is 1. The van der Waals surface area contributed by atoms with E-state index in [0.717, 1.165) is 16.7 Å². The molecule has 16 heteroatoms. The Morgan fingerprint density at radius 2 is 1.39 bits per heavy atom. The summed E-state index contributed by atoms with van der Waals surface area (Å²) in [4.78, 5) is 31.4. The molecular weight excluding hydrogens is 920 g/mol. The Bertz CT molecular complexity index is 2620. The first-order chi connectivity index (χ1) is 33.5. The maximum atomic E-state index is 13.6. The summed E-state index contributed by atoms with van der Waals surface area (Å²) in [5, 5.41) is -0.217. The first-order valence-corrected chi connectivity index (χ1v) is 27.8. The topological polar surface area (TPSA) is 133 Å². The van der Waals surface area contributed by atoms with E-state index in [1.165, 1.54) is 6.33 Å². The van der Waals surface area contributed by atoms with Gasteiger partial charge in [0, 0.05) is 17.6 Å². The Morgan fingerprint density at radius 3 is 1.93 bits per heavy atom. The van der Waals surface area contributed by atoms with Gasteiger partial charge in [0.1, 0.15) is 53.9 Å². The van der Waals surface area contributed by atoms with Gasteiger partial charge in [-0.3, -0.25) is 9.36 Å². The zero-order chi connectivity index (χ0) is 50.2. The van der Waals surface area contributed by atoms with Crippen LogP contribution in [0.5, 0.6) is 11.5 Å². The van der Waals surface area contributed by atoms with Gasteiger partial charge >= 0.3 is 0 Å². The summed E-state index contributed by atoms with van der Waals surface area (Å²) in [6.07, 6.45) is 0.0141. The number of ketones is 1. The number of methoxy groups -OCH3 is 2. The number of nitrogens with zero attached hydrogens (tertiary/aromatic N) is 6. The van der Waals surface area contributed by atoms with Crippen LogP contribution in [0.25, 0.3) is 16.0 Å². The molecule has 0 radical (unpaired) electrons. The number of ether oxygens (including phenoxy) is 4. The SMILES string of the molecule is [C-]#[N+]CCOP(O[C@H]1[C@@H](O[Si](C)(C)C(C)(C)C)[C@H](n2cnc3c(CC(=O)c4ccccc4)ncnc32)O[C@@H]1COC(c1ccccc1)(c1ccc(OC)cc1)c1ccc(OC)cc1)N(C(C)C)C(C)C. The fraction of sp³-hybridized carbons (Fsp3) is 0.426. The standard InChI is InChI=1S/C54H67N6O8PSi/c1-37(2)60(38(3)4)69(65-32-31-55-8)67-49-47(34-64-54(40-21-17-14-18-22-40,41-23-27-43(62-9)28-24-41)42-25-29-44(63-10)30-26-42)66-52(50(49)68-70(11,12)53(5,6)7)59-36-58-48-45(56-35-57-51(48)59)33-46(61)39-19-15-13-16-20-39/h13-30,35-38,47,49-50,52H,31-34H2,1-7,9-12H3/t47-,49-,50-,52-,69?/m1/s1. The monoisotopic (exact) mass is 986 g/mol. The van der Waals surface area contributed by atoms with Crippen LogP contribution in [0.3, 0.4) is 0 Å². The van der Waals surface area contributed by atoms with Gasteiger partial charge in [-0.1, -0.05) is 106 Å². The van der Waals surface area contributed by atoms with E-state index in [9.17, 15) is 4.79 Å². The maximum Gasteiger partial charge on any atom is 0.259 e. The number of hydrogen-bond acceptors (Lipinski definition) is 12. The summed E-state index contributed by atoms with van der Waals surface area (Å²) < 4.78 is 52.0. The third-order valence-electron chi connectivity index (χ3n) is 13.2. The zero-order valence-corrected chi connectivity index (χ0v) is 44.1. The first-order valence-electron chi connectivity index (χ1n) is 23.8. The molecule has 14 nitrogen and oxygen atoms in total. The fourth-order valence-electron chi connectivity index (χ4n) is 8.61. The number of rotatable bonds is 22. The maximum absolute atomic E-state index is 13.6. The highest BCUT2D eigenvalue weighted by molar-refractivity contribution is 7.44. The van der Waals surface area contributed by atoms with Crippen molar-refractivity contribution in [3.8, 4) is 11.5 Å². The first kappa shape index (κ1) is 52.4. The van der Waals surface area contributed by atoms with Crippen LogP contribution in [0.15, 0.2) is 122 Å². The normalized spacial score (nSPS) is 18.1. The average Bonchev–Trinajstić information content (AvgIpc) is 3.93. The number of hydrogen-bond donors (Lipinski definition) is 0. The summed E-state index contributed by atoms with van der Waals surface area (Å²) in [5.41, 5.74) is 3.46. The van der Waals surface area contributed by atoms with E-state index in [4.69, 9.17) is 49.0 Å². The van der Waals surface area contributed by atoms with Crippen molar-refractivity contribution < 1.29 is 37.2 Å². The molecule has 1 unspecified atom stereocenters. The molecule has 2 aromatic heterocycles. The van der Waals surface area contributed by atoms with Crippen LogP contribution in [0.1, 0.15) is 87.4 Å². The molecule has 0 amide bonds. The van der Waals surface area contributed by atoms with E-state index in [1.807, 2.05) is 89.5 Å². The van der Waals surface area contributed by atoms with Crippen molar-refractivity contribution in [2.45, 2.75) is 115 Å². The van der Waals surface area contributed by atoms with Crippen LogP contribution in [-0.4, -0.2) is 103 Å². The van der Waals surface area contributed by atoms with Crippen molar-refractivity contribution in [2.75, 3.05) is 34.0 Å². The number of aromatic nitrogens is 4. The van der Waals surface area contributed by atoms with Crippen LogP contribution < -0.4 is 9.47 Å². The Hall–Kier alpha value is -5.40. The smallest absolute Gasteiger partial charge is 0.259 e. The summed E-state index contributed by atoms with van der Waals surface area (Å²) in [7, 11) is -1.15. The van der Waals surface area contributed by atoms with Crippen LogP contribution in [0.2, 0.25) is 18.1 Å². The second kappa shape index (κ2) is 22.8. The molecule has 3 heterocycles. The lowest BCUT2D eigenvalue weighted by Crippen LogP contribution is -2.50. The minimum atomic E-state index is -2.64. The van der Waals surface area contributed by atoms with Gasteiger partial charge < -0.3 is 37.3 Å². The molecular formula is C54H67N6O8PSi. The predicted molar refractivity (Wildman–Crippen MR) is 275 cm³/mol. The van der Waals surface area contributed by atoms with E-state index >= 15 is 0 Å². The molecule has 1 aliphatic heterocycles. The minimum Gasteiger partial charge on any atom is -0.497 e. The molecule has 6 aromatic rings. The number of fused-ring (bicyclic) bond motifs is 1. The molecule has 0 bridgehead atoms. The molecule has 0 aliphatic carbocycles. The van der Waals surface area contributed by atoms with Crippen molar-refractivity contribution in [3.05, 3.63) is 161 Å². The lowest BCUT2D eigenvalue weighted by Gasteiger charge is -2.42. The minimum absolute atomic E-state index is 0.0124. The van der Waals surface area contributed by atoms with Gasteiger partial charge in [0.05, 0.1) is 39.3 Å². The lowest BCUT2D eigenvalue weighted by molar-refractivity contribution is -0.0926. The van der Waals surface area contributed by atoms with Crippen molar-refractivity contribution in [3.63, 3.8) is 0 Å². The zero-order valence-electron chi connectivity index (χ0n) is 42.2. The molecule has 0 N–H and O–H groups in total. The van der Waals surface area contributed by atoms with Crippen molar-refractivity contribution in [1.82, 2.24) is 24.2 Å². The number of imidazole rings is 1. The molecule has 1 saturated heterocycles. The van der Waals surface area contributed by atoms with E-state index in [2.05, 4.69) is 88.2 Å². The third-order valence-corrected chi connectivity index (χ3v) is 19.8. The summed E-state index contributed by atoms with van der Waals surface area (Å²) in [6.45, 7) is 27.5. The number of Topliss-reactive ketones (excluding diaryl/α,β-unsaturated/α-hetero) is 1. The third kappa shape index (κ3) is 11.4. The lowest BCUT2D eigenvalue weighted by atomic mass is 9.80. The van der Waals surface area contributed by atoms with E-state index < -0.39 is 47.0 Å². The van der Waals surface area contributed by atoms with Crippen molar-refractivity contribution in [2.24, 2.45) is 0 Å². The van der Waals surface area contributed by atoms with E-state index in [1.54, 1.807) is 32.7 Å². The quantitative estimate of drug-likeness (QED) is 0.0160. The van der Waals surface area contributed by atoms with E-state index in [0.29, 0.717) is 33.9 Å². The van der Waals surface area contributed by atoms with Crippen LogP contribution >= 0.6 is 8.53 Å². The molecule has 0 saturated carbocycles. The van der Waals surface area contributed by atoms with Gasteiger partial charge in [-0.05, 0) is 86.8 Å². The Morgan fingerprint density at radius 1 is 0.814 bits per heavy atom. The molecule has 5 atom stereocenters. The largest absolute Gasteiger partial charge is 0.497 e. The summed E-state index contributed by atoms with van der Waals surface area (Å²) >= 11 is 0. The highest BCUT2D eigenvalue weighted by atomic mass is 31.2. The second-order valence-corrected chi connectivity index (χ2v) is 25.6. The van der Waals surface area contributed by atoms with Crippen molar-refractivity contribution >= 4 is 33.8 Å². The van der Waals surface area contributed by atoms with Gasteiger partial charge in [-0.15, -0.1) is 0 Å². The average molecular weight is 987 g/mol. The summed E-state index contributed by atoms with van der Waals surface area (Å²) in [5.74, 6) is 1.33. The van der Waals surface area contributed by atoms with Crippen molar-refractivity contribution in [1.29, 1.82) is 0 Å². The second-order valence-electron chi connectivity index (χ2n) is 19.4. The van der Waals surface area contributed by atoms with Gasteiger partial charge in [0.15, 0.2) is 26.0 Å². The van der Waals surface area contributed by atoms with Crippen LogP contribution in [0, 0.1) is 6.57 Å². The highest BCUT2D eigenvalue weighted by Crippen LogP contribution is 2.53. The molecule has 7 rings (SSSR count).